The molecule has 5 heteroatoms. The highest BCUT2D eigenvalue weighted by Crippen LogP contribution is 2.20. The van der Waals surface area contributed by atoms with Crippen LogP contribution in [0.5, 0.6) is 11.5 Å². The summed E-state index contributed by atoms with van der Waals surface area (Å²) in [5, 5.41) is 8.60. The van der Waals surface area contributed by atoms with Crippen LogP contribution in [-0.4, -0.2) is 10.9 Å². The zero-order valence-electron chi connectivity index (χ0n) is 9.33. The summed E-state index contributed by atoms with van der Waals surface area (Å²) in [4.78, 5) is 14.8. The predicted octanol–water partition coefficient (Wildman–Crippen LogP) is 1.84. The minimum Gasteiger partial charge on any atom is -0.456 e. The normalized spacial score (nSPS) is 9.50. The molecule has 0 atom stereocenters. The van der Waals surface area contributed by atoms with Crippen LogP contribution in [0.4, 0.5) is 0 Å². The van der Waals surface area contributed by atoms with Gasteiger partial charge in [0.15, 0.2) is 0 Å². The highest BCUT2D eigenvalue weighted by atomic mass is 16.5. The summed E-state index contributed by atoms with van der Waals surface area (Å²) >= 11 is 0. The van der Waals surface area contributed by atoms with E-state index < -0.39 is 5.91 Å². The van der Waals surface area contributed by atoms with E-state index in [9.17, 15) is 4.79 Å². The molecule has 2 aromatic rings. The van der Waals surface area contributed by atoms with Crippen LogP contribution < -0.4 is 10.5 Å². The van der Waals surface area contributed by atoms with Crippen LogP contribution in [0.1, 0.15) is 16.1 Å². The molecule has 0 saturated carbocycles. The van der Waals surface area contributed by atoms with Crippen molar-refractivity contribution in [2.75, 3.05) is 0 Å². The Bertz CT molecular complexity index is 598. The van der Waals surface area contributed by atoms with E-state index in [1.807, 2.05) is 6.07 Å². The standard InChI is InChI=1S/C13H9N3O2/c14-7-10-3-6-12(8-16-10)18-11-4-1-9(2-5-11)13(15)17/h1-6,8H,(H2,15,17). The number of pyridine rings is 1. The van der Waals surface area contributed by atoms with E-state index in [0.29, 0.717) is 22.8 Å². The number of primary amides is 1. The van der Waals surface area contributed by atoms with Crippen molar-refractivity contribution in [1.29, 1.82) is 5.26 Å². The number of carbonyl (C=O) groups is 1. The van der Waals surface area contributed by atoms with E-state index in [0.717, 1.165) is 0 Å². The van der Waals surface area contributed by atoms with Crippen molar-refractivity contribution < 1.29 is 9.53 Å². The van der Waals surface area contributed by atoms with Gasteiger partial charge in [-0.3, -0.25) is 4.79 Å². The number of rotatable bonds is 3. The summed E-state index contributed by atoms with van der Waals surface area (Å²) in [6.07, 6.45) is 1.46. The zero-order valence-corrected chi connectivity index (χ0v) is 9.33. The summed E-state index contributed by atoms with van der Waals surface area (Å²) in [5.41, 5.74) is 5.87. The Hall–Kier alpha value is -2.87. The van der Waals surface area contributed by atoms with Crippen molar-refractivity contribution in [2.24, 2.45) is 5.73 Å². The highest BCUT2D eigenvalue weighted by Gasteiger charge is 2.02. The smallest absolute Gasteiger partial charge is 0.248 e. The first kappa shape index (κ1) is 11.6. The van der Waals surface area contributed by atoms with Crippen molar-refractivity contribution in [3.05, 3.63) is 53.9 Å². The molecule has 5 nitrogen and oxygen atoms in total. The molecule has 0 saturated heterocycles. The van der Waals surface area contributed by atoms with E-state index in [1.54, 1.807) is 36.4 Å². The molecule has 0 aliphatic carbocycles. The van der Waals surface area contributed by atoms with E-state index >= 15 is 0 Å². The van der Waals surface area contributed by atoms with Gasteiger partial charge in [-0.15, -0.1) is 0 Å². The second-order valence-electron chi connectivity index (χ2n) is 3.48. The van der Waals surface area contributed by atoms with E-state index in [-0.39, 0.29) is 0 Å². The topological polar surface area (TPSA) is 89.0 Å². The Labute approximate surface area is 103 Å². The van der Waals surface area contributed by atoms with Crippen molar-refractivity contribution in [2.45, 2.75) is 0 Å². The largest absolute Gasteiger partial charge is 0.456 e. The molecule has 1 aromatic heterocycles. The van der Waals surface area contributed by atoms with Gasteiger partial charge in [-0.25, -0.2) is 4.98 Å². The molecule has 0 aliphatic rings. The van der Waals surface area contributed by atoms with Gasteiger partial charge in [0.05, 0.1) is 6.20 Å². The van der Waals surface area contributed by atoms with Gasteiger partial charge in [-0.1, -0.05) is 0 Å². The summed E-state index contributed by atoms with van der Waals surface area (Å²) in [7, 11) is 0. The number of aromatic nitrogens is 1. The maximum absolute atomic E-state index is 10.9. The molecule has 1 aromatic carbocycles. The minimum absolute atomic E-state index is 0.325. The third kappa shape index (κ3) is 2.62. The third-order valence-electron chi connectivity index (χ3n) is 2.23. The molecule has 2 rings (SSSR count). The molecule has 0 unspecified atom stereocenters. The minimum atomic E-state index is -0.485. The van der Waals surface area contributed by atoms with Crippen LogP contribution >= 0.6 is 0 Å². The van der Waals surface area contributed by atoms with Gasteiger partial charge in [-0.05, 0) is 36.4 Å². The highest BCUT2D eigenvalue weighted by molar-refractivity contribution is 5.92. The molecule has 18 heavy (non-hydrogen) atoms. The molecule has 0 spiro atoms. The molecule has 0 fully saturated rings. The lowest BCUT2D eigenvalue weighted by molar-refractivity contribution is 0.100. The number of amides is 1. The summed E-state index contributed by atoms with van der Waals surface area (Å²) in [6, 6.07) is 11.6. The SMILES string of the molecule is N#Cc1ccc(Oc2ccc(C(N)=O)cc2)cn1. The number of nitriles is 1. The van der Waals surface area contributed by atoms with E-state index in [1.165, 1.54) is 6.20 Å². The average Bonchev–Trinajstić information content (AvgIpc) is 2.40. The van der Waals surface area contributed by atoms with Crippen LogP contribution in [-0.2, 0) is 0 Å². The number of nitrogens with two attached hydrogens (primary N) is 1. The first-order valence-corrected chi connectivity index (χ1v) is 5.13. The van der Waals surface area contributed by atoms with Gasteiger partial charge in [0, 0.05) is 5.56 Å². The number of nitrogens with zero attached hydrogens (tertiary/aromatic N) is 2. The Morgan fingerprint density at radius 2 is 1.83 bits per heavy atom. The lowest BCUT2D eigenvalue weighted by atomic mass is 10.2. The lowest BCUT2D eigenvalue weighted by Crippen LogP contribution is -2.10. The Morgan fingerprint density at radius 1 is 1.17 bits per heavy atom. The number of benzene rings is 1. The Balaban J connectivity index is 2.13. The fourth-order valence-electron chi connectivity index (χ4n) is 1.33. The van der Waals surface area contributed by atoms with Gasteiger partial charge in [-0.2, -0.15) is 5.26 Å². The van der Waals surface area contributed by atoms with Crippen molar-refractivity contribution in [1.82, 2.24) is 4.98 Å². The van der Waals surface area contributed by atoms with Crippen LogP contribution in [0.2, 0.25) is 0 Å². The van der Waals surface area contributed by atoms with Crippen LogP contribution in [0, 0.1) is 11.3 Å². The Kier molecular flexibility index (Phi) is 3.21. The van der Waals surface area contributed by atoms with Crippen molar-refractivity contribution in [3.8, 4) is 17.6 Å². The molecule has 0 aliphatic heterocycles. The van der Waals surface area contributed by atoms with Gasteiger partial charge in [0.25, 0.3) is 0 Å². The monoisotopic (exact) mass is 239 g/mol. The molecule has 0 radical (unpaired) electrons. The summed E-state index contributed by atoms with van der Waals surface area (Å²) < 4.78 is 5.49. The van der Waals surface area contributed by atoms with Crippen LogP contribution in [0.3, 0.4) is 0 Å². The predicted molar refractivity (Wildman–Crippen MR) is 64.0 cm³/mol. The maximum Gasteiger partial charge on any atom is 0.248 e. The summed E-state index contributed by atoms with van der Waals surface area (Å²) in [6.45, 7) is 0. The lowest BCUT2D eigenvalue weighted by Gasteiger charge is -2.05. The van der Waals surface area contributed by atoms with Gasteiger partial charge >= 0.3 is 0 Å². The second-order valence-corrected chi connectivity index (χ2v) is 3.48. The third-order valence-corrected chi connectivity index (χ3v) is 2.23. The fourth-order valence-corrected chi connectivity index (χ4v) is 1.33. The van der Waals surface area contributed by atoms with Crippen molar-refractivity contribution >= 4 is 5.91 Å². The zero-order chi connectivity index (χ0) is 13.0. The fraction of sp³-hybridized carbons (Fsp3) is 0. The summed E-state index contributed by atoms with van der Waals surface area (Å²) in [5.74, 6) is 0.592. The van der Waals surface area contributed by atoms with Gasteiger partial charge in [0.1, 0.15) is 23.3 Å². The molecule has 2 N–H and O–H groups in total. The van der Waals surface area contributed by atoms with Crippen molar-refractivity contribution in [3.63, 3.8) is 0 Å². The average molecular weight is 239 g/mol. The maximum atomic E-state index is 10.9. The molecular weight excluding hydrogens is 230 g/mol. The Morgan fingerprint density at radius 3 is 2.33 bits per heavy atom. The number of hydrogen-bond acceptors (Lipinski definition) is 4. The second kappa shape index (κ2) is 4.97. The van der Waals surface area contributed by atoms with E-state index in [4.69, 9.17) is 15.7 Å². The molecule has 1 heterocycles. The molecular formula is C13H9N3O2. The van der Waals surface area contributed by atoms with Crippen LogP contribution in [0.25, 0.3) is 0 Å². The van der Waals surface area contributed by atoms with E-state index in [2.05, 4.69) is 4.98 Å². The number of hydrogen-bond donors (Lipinski definition) is 1. The number of carbonyl (C=O) groups excluding carboxylic acids is 1. The van der Waals surface area contributed by atoms with Gasteiger partial charge < -0.3 is 10.5 Å². The molecule has 1 amide bonds. The molecule has 88 valence electrons. The first-order valence-electron chi connectivity index (χ1n) is 5.13. The van der Waals surface area contributed by atoms with Gasteiger partial charge in [0.2, 0.25) is 5.91 Å². The molecule has 0 bridgehead atoms. The first-order chi connectivity index (χ1) is 8.69. The van der Waals surface area contributed by atoms with Crippen LogP contribution in [0.15, 0.2) is 42.6 Å². The number of ether oxygens (including phenoxy) is 1. The quantitative estimate of drug-likeness (QED) is 0.884.